The van der Waals surface area contributed by atoms with Gasteiger partial charge >= 0.3 is 0 Å². The number of aryl methyl sites for hydroxylation is 1. The second kappa shape index (κ2) is 7.89. The van der Waals surface area contributed by atoms with E-state index in [1.807, 2.05) is 24.0 Å². The van der Waals surface area contributed by atoms with Crippen molar-refractivity contribution in [3.8, 4) is 5.69 Å². The molecule has 0 amide bonds. The first-order valence-electron chi connectivity index (χ1n) is 10.4. The SMILES string of the molecule is CC[C@@H]1CSC2=N[C@H](c3ccccn3)[C@H](c3cc(C)n(-c4cccc(Br)c4)c3C)N21. The summed E-state index contributed by atoms with van der Waals surface area (Å²) >= 11 is 5.52. The highest BCUT2D eigenvalue weighted by molar-refractivity contribution is 9.10. The number of pyridine rings is 1. The monoisotopic (exact) mass is 480 g/mol. The van der Waals surface area contributed by atoms with Crippen molar-refractivity contribution in [2.75, 3.05) is 5.75 Å². The zero-order valence-corrected chi connectivity index (χ0v) is 19.8. The normalized spacial score (nSPS) is 23.0. The molecule has 0 saturated carbocycles. The van der Waals surface area contributed by atoms with Crippen molar-refractivity contribution in [1.82, 2.24) is 14.5 Å². The Bertz CT molecular complexity index is 1110. The van der Waals surface area contributed by atoms with Crippen molar-refractivity contribution < 1.29 is 0 Å². The number of amidine groups is 1. The van der Waals surface area contributed by atoms with E-state index in [-0.39, 0.29) is 12.1 Å². The summed E-state index contributed by atoms with van der Waals surface area (Å²) in [6, 6.07) is 17.7. The van der Waals surface area contributed by atoms with Crippen LogP contribution in [0.5, 0.6) is 0 Å². The van der Waals surface area contributed by atoms with Gasteiger partial charge in [-0.3, -0.25) is 9.98 Å². The van der Waals surface area contributed by atoms with Gasteiger partial charge in [-0.05, 0) is 62.2 Å². The zero-order valence-electron chi connectivity index (χ0n) is 17.4. The fourth-order valence-electron chi connectivity index (χ4n) is 4.79. The Labute approximate surface area is 190 Å². The first-order valence-corrected chi connectivity index (χ1v) is 12.2. The van der Waals surface area contributed by atoms with Gasteiger partial charge < -0.3 is 9.47 Å². The van der Waals surface area contributed by atoms with E-state index in [9.17, 15) is 0 Å². The molecule has 2 aliphatic rings. The minimum absolute atomic E-state index is 0.0273. The summed E-state index contributed by atoms with van der Waals surface area (Å²) in [6.45, 7) is 6.71. The summed E-state index contributed by atoms with van der Waals surface area (Å²) in [4.78, 5) is 12.4. The fraction of sp³-hybridized carbons (Fsp3) is 0.333. The third-order valence-electron chi connectivity index (χ3n) is 6.18. The predicted octanol–water partition coefficient (Wildman–Crippen LogP) is 6.23. The largest absolute Gasteiger partial charge is 0.338 e. The molecule has 0 spiro atoms. The molecule has 4 heterocycles. The number of fused-ring (bicyclic) bond motifs is 1. The standard InChI is InChI=1S/C24H25BrN4S/c1-4-18-14-30-24-27-22(21-10-5-6-11-26-21)23(29(18)24)20-12-15(2)28(16(20)3)19-9-7-8-17(25)13-19/h5-13,18,22-23H,4,14H2,1-3H3/t18-,22-,23+/m1/s1. The molecule has 5 rings (SSSR count). The van der Waals surface area contributed by atoms with E-state index in [1.165, 1.54) is 27.8 Å². The number of halogens is 1. The van der Waals surface area contributed by atoms with Crippen molar-refractivity contribution in [3.05, 3.63) is 81.8 Å². The Balaban J connectivity index is 1.64. The van der Waals surface area contributed by atoms with E-state index in [0.717, 1.165) is 22.3 Å². The maximum atomic E-state index is 5.17. The van der Waals surface area contributed by atoms with Crippen LogP contribution in [0.1, 0.15) is 48.1 Å². The van der Waals surface area contributed by atoms with Gasteiger partial charge in [-0.1, -0.05) is 46.7 Å². The van der Waals surface area contributed by atoms with Gasteiger partial charge in [0.05, 0.1) is 11.7 Å². The number of rotatable bonds is 4. The molecule has 1 fully saturated rings. The van der Waals surface area contributed by atoms with Gasteiger partial charge in [0.25, 0.3) is 0 Å². The minimum Gasteiger partial charge on any atom is -0.338 e. The fourth-order valence-corrected chi connectivity index (χ4v) is 6.51. The molecule has 0 radical (unpaired) electrons. The number of benzene rings is 1. The van der Waals surface area contributed by atoms with Crippen molar-refractivity contribution >= 4 is 32.9 Å². The quantitative estimate of drug-likeness (QED) is 0.443. The number of nitrogens with zero attached hydrogens (tertiary/aromatic N) is 4. The maximum Gasteiger partial charge on any atom is 0.160 e. The van der Waals surface area contributed by atoms with Crippen LogP contribution in [0.25, 0.3) is 5.69 Å². The highest BCUT2D eigenvalue weighted by Crippen LogP contribution is 2.49. The minimum atomic E-state index is 0.0273. The summed E-state index contributed by atoms with van der Waals surface area (Å²) in [5, 5.41) is 1.18. The molecule has 2 aromatic heterocycles. The smallest absolute Gasteiger partial charge is 0.160 e. The Morgan fingerprint density at radius 3 is 2.73 bits per heavy atom. The van der Waals surface area contributed by atoms with Crippen LogP contribution in [0.4, 0.5) is 0 Å². The lowest BCUT2D eigenvalue weighted by molar-refractivity contribution is 0.254. The Hall–Kier alpha value is -2.05. The molecule has 2 aliphatic heterocycles. The molecule has 154 valence electrons. The van der Waals surface area contributed by atoms with Gasteiger partial charge in [0.2, 0.25) is 0 Å². The highest BCUT2D eigenvalue weighted by Gasteiger charge is 2.46. The van der Waals surface area contributed by atoms with Crippen LogP contribution in [0, 0.1) is 13.8 Å². The predicted molar refractivity (Wildman–Crippen MR) is 128 cm³/mol. The van der Waals surface area contributed by atoms with E-state index in [4.69, 9.17) is 4.99 Å². The molecule has 1 aromatic carbocycles. The summed E-state index contributed by atoms with van der Waals surface area (Å²) in [7, 11) is 0. The zero-order chi connectivity index (χ0) is 20.8. The van der Waals surface area contributed by atoms with Crippen molar-refractivity contribution in [3.63, 3.8) is 0 Å². The molecule has 30 heavy (non-hydrogen) atoms. The Morgan fingerprint density at radius 2 is 2.00 bits per heavy atom. The van der Waals surface area contributed by atoms with Gasteiger partial charge in [0, 0.05) is 39.5 Å². The van der Waals surface area contributed by atoms with Gasteiger partial charge in [-0.2, -0.15) is 0 Å². The summed E-state index contributed by atoms with van der Waals surface area (Å²) in [5.41, 5.74) is 6.10. The van der Waals surface area contributed by atoms with E-state index in [2.05, 4.69) is 93.6 Å². The van der Waals surface area contributed by atoms with E-state index >= 15 is 0 Å². The van der Waals surface area contributed by atoms with E-state index in [1.54, 1.807) is 0 Å². The summed E-state index contributed by atoms with van der Waals surface area (Å²) < 4.78 is 3.45. The van der Waals surface area contributed by atoms with Gasteiger partial charge in [0.15, 0.2) is 5.17 Å². The van der Waals surface area contributed by atoms with Crippen LogP contribution in [-0.4, -0.2) is 31.4 Å². The van der Waals surface area contributed by atoms with Crippen molar-refractivity contribution in [1.29, 1.82) is 0 Å². The van der Waals surface area contributed by atoms with Gasteiger partial charge in [0.1, 0.15) is 6.04 Å². The number of hydrogen-bond donors (Lipinski definition) is 0. The lowest BCUT2D eigenvalue weighted by atomic mass is 9.95. The second-order valence-corrected chi connectivity index (χ2v) is 9.88. The number of thioether (sulfide) groups is 1. The molecule has 0 bridgehead atoms. The summed E-state index contributed by atoms with van der Waals surface area (Å²) in [6.07, 6.45) is 3.01. The van der Waals surface area contributed by atoms with Crippen molar-refractivity contribution in [2.45, 2.75) is 45.3 Å². The lowest BCUT2D eigenvalue weighted by Crippen LogP contribution is -2.35. The molecule has 4 nitrogen and oxygen atoms in total. The van der Waals surface area contributed by atoms with Crippen LogP contribution < -0.4 is 0 Å². The van der Waals surface area contributed by atoms with Crippen LogP contribution in [0.15, 0.2) is 64.2 Å². The average Bonchev–Trinajstić information content (AvgIpc) is 3.40. The number of hydrogen-bond acceptors (Lipinski definition) is 4. The lowest BCUT2D eigenvalue weighted by Gasteiger charge is -2.32. The van der Waals surface area contributed by atoms with E-state index in [0.29, 0.717) is 6.04 Å². The molecular formula is C24H25BrN4S. The van der Waals surface area contributed by atoms with Crippen LogP contribution in [-0.2, 0) is 0 Å². The average molecular weight is 481 g/mol. The van der Waals surface area contributed by atoms with Gasteiger partial charge in [-0.15, -0.1) is 0 Å². The molecule has 3 aromatic rings. The van der Waals surface area contributed by atoms with Crippen LogP contribution >= 0.6 is 27.7 Å². The second-order valence-electron chi connectivity index (χ2n) is 7.98. The van der Waals surface area contributed by atoms with E-state index < -0.39 is 0 Å². The Kier molecular flexibility index (Phi) is 5.23. The highest BCUT2D eigenvalue weighted by atomic mass is 79.9. The molecule has 0 unspecified atom stereocenters. The molecule has 6 heteroatoms. The topological polar surface area (TPSA) is 33.4 Å². The van der Waals surface area contributed by atoms with Crippen molar-refractivity contribution in [2.24, 2.45) is 4.99 Å². The van der Waals surface area contributed by atoms with Gasteiger partial charge in [-0.25, -0.2) is 0 Å². The molecule has 0 aliphatic carbocycles. The third kappa shape index (κ3) is 3.21. The molecule has 0 N–H and O–H groups in total. The first kappa shape index (κ1) is 19.9. The maximum absolute atomic E-state index is 5.17. The number of aromatic nitrogens is 2. The molecular weight excluding hydrogens is 456 g/mol. The summed E-state index contributed by atoms with van der Waals surface area (Å²) in [5.74, 6) is 1.12. The molecule has 3 atom stereocenters. The van der Waals surface area contributed by atoms with Crippen LogP contribution in [0.2, 0.25) is 0 Å². The first-order chi connectivity index (χ1) is 14.6. The Morgan fingerprint density at radius 1 is 1.13 bits per heavy atom. The van der Waals surface area contributed by atoms with Crippen LogP contribution in [0.3, 0.4) is 0 Å². The third-order valence-corrected chi connectivity index (χ3v) is 7.80. The number of aliphatic imine (C=N–C) groups is 1. The molecule has 1 saturated heterocycles.